The second-order valence-corrected chi connectivity index (χ2v) is 9.33. The number of hydrogen-bond acceptors (Lipinski definition) is 3. The molecule has 0 amide bonds. The monoisotopic (exact) mass is 528 g/mol. The first-order chi connectivity index (χ1) is 16.9. The van der Waals surface area contributed by atoms with Gasteiger partial charge in [-0.25, -0.2) is 13.2 Å². The molecule has 2 fully saturated rings. The maximum Gasteiger partial charge on any atom is 0.439 e. The Bertz CT molecular complexity index is 900. The largest absolute Gasteiger partial charge is 0.439 e. The molecule has 0 radical (unpaired) electrons. The Morgan fingerprint density at radius 1 is 0.889 bits per heavy atom. The molecule has 0 spiro atoms. The summed E-state index contributed by atoms with van der Waals surface area (Å²) in [6.45, 7) is 0.297. The maximum absolute atomic E-state index is 14.1. The van der Waals surface area contributed by atoms with Gasteiger partial charge in [-0.15, -0.1) is 0 Å². The normalized spacial score (nSPS) is 26.1. The first-order valence-corrected chi connectivity index (χ1v) is 11.8. The summed E-state index contributed by atoms with van der Waals surface area (Å²) in [6.07, 6.45) is -8.26. The number of rotatable bonds is 7. The van der Waals surface area contributed by atoms with E-state index in [9.17, 15) is 35.1 Å². The second kappa shape index (κ2) is 12.0. The summed E-state index contributed by atoms with van der Waals surface area (Å²) in [6, 6.07) is 1.14. The van der Waals surface area contributed by atoms with Crippen molar-refractivity contribution >= 4 is 0 Å². The molecule has 0 aromatic heterocycles. The van der Waals surface area contributed by atoms with Crippen LogP contribution in [0.5, 0.6) is 5.75 Å². The molecule has 0 heterocycles. The summed E-state index contributed by atoms with van der Waals surface area (Å²) in [5.41, 5.74) is -0.190. The van der Waals surface area contributed by atoms with Crippen LogP contribution in [0.1, 0.15) is 56.9 Å². The van der Waals surface area contributed by atoms with E-state index in [-0.39, 0.29) is 17.6 Å². The molecule has 36 heavy (non-hydrogen) atoms. The Labute approximate surface area is 204 Å². The minimum absolute atomic E-state index is 0.00640. The van der Waals surface area contributed by atoms with Gasteiger partial charge >= 0.3 is 12.3 Å². The van der Waals surface area contributed by atoms with Crippen molar-refractivity contribution in [2.75, 3.05) is 13.9 Å². The maximum atomic E-state index is 14.1. The van der Waals surface area contributed by atoms with Gasteiger partial charge in [-0.3, -0.25) is 0 Å². The van der Waals surface area contributed by atoms with Gasteiger partial charge in [-0.05, 0) is 75.3 Å². The van der Waals surface area contributed by atoms with Crippen LogP contribution >= 0.6 is 0 Å². The van der Waals surface area contributed by atoms with Gasteiger partial charge in [0, 0.05) is 18.6 Å². The van der Waals surface area contributed by atoms with Crippen molar-refractivity contribution in [1.82, 2.24) is 0 Å². The minimum atomic E-state index is -5.97. The van der Waals surface area contributed by atoms with E-state index in [2.05, 4.69) is 16.6 Å². The molecule has 3 rings (SSSR count). The van der Waals surface area contributed by atoms with E-state index in [4.69, 9.17) is 9.47 Å². The van der Waals surface area contributed by atoms with Crippen LogP contribution in [0.3, 0.4) is 0 Å². The van der Waals surface area contributed by atoms with E-state index in [0.717, 1.165) is 51.4 Å². The van der Waals surface area contributed by atoms with Gasteiger partial charge in [0.1, 0.15) is 6.79 Å². The molecule has 2 aliphatic carbocycles. The van der Waals surface area contributed by atoms with Gasteiger partial charge < -0.3 is 14.2 Å². The van der Waals surface area contributed by atoms with Crippen LogP contribution in [0, 0.1) is 41.2 Å². The molecule has 1 unspecified atom stereocenters. The fraction of sp³-hybridized carbons (Fsp3) is 0.680. The summed E-state index contributed by atoms with van der Waals surface area (Å²) in [5, 5.41) is 0. The zero-order valence-electron chi connectivity index (χ0n) is 19.7. The third-order valence-electron chi connectivity index (χ3n) is 6.82. The van der Waals surface area contributed by atoms with Crippen molar-refractivity contribution in [1.29, 1.82) is 0 Å². The Kier molecular flexibility index (Phi) is 9.50. The lowest BCUT2D eigenvalue weighted by Gasteiger charge is -2.36. The summed E-state index contributed by atoms with van der Waals surface area (Å²) >= 11 is 0. The molecule has 1 aromatic rings. The van der Waals surface area contributed by atoms with Crippen LogP contribution in [0.25, 0.3) is 0 Å². The highest BCUT2D eigenvalue weighted by Gasteiger charge is 2.59. The Morgan fingerprint density at radius 2 is 1.42 bits per heavy atom. The topological polar surface area (TPSA) is 27.7 Å². The second-order valence-electron chi connectivity index (χ2n) is 9.33. The molecule has 202 valence electrons. The van der Waals surface area contributed by atoms with Crippen molar-refractivity contribution < 1.29 is 49.3 Å². The molecular formula is C25H28F8O3. The zero-order chi connectivity index (χ0) is 26.5. The molecular weight excluding hydrogens is 500 g/mol. The minimum Gasteiger partial charge on any atom is -0.424 e. The lowest BCUT2D eigenvalue weighted by atomic mass is 9.70. The fourth-order valence-electron chi connectivity index (χ4n) is 4.92. The van der Waals surface area contributed by atoms with E-state index in [1.165, 1.54) is 0 Å². The Hall–Kier alpha value is -2.06. The van der Waals surface area contributed by atoms with Crippen molar-refractivity contribution in [2.24, 2.45) is 17.8 Å². The molecule has 1 aromatic carbocycles. The molecule has 0 saturated heterocycles. The average molecular weight is 528 g/mol. The summed E-state index contributed by atoms with van der Waals surface area (Å²) in [5.74, 6) is 1.51. The van der Waals surface area contributed by atoms with Gasteiger partial charge in [0.2, 0.25) is 0 Å². The highest BCUT2D eigenvalue weighted by molar-refractivity contribution is 5.41. The third-order valence-corrected chi connectivity index (χ3v) is 6.82. The van der Waals surface area contributed by atoms with Crippen molar-refractivity contribution in [3.8, 4) is 17.6 Å². The lowest BCUT2D eigenvalue weighted by molar-refractivity contribution is -0.306. The van der Waals surface area contributed by atoms with Gasteiger partial charge in [0.05, 0.1) is 6.10 Å². The van der Waals surface area contributed by atoms with Crippen LogP contribution in [-0.4, -0.2) is 38.5 Å². The van der Waals surface area contributed by atoms with Crippen LogP contribution in [0.4, 0.5) is 35.1 Å². The molecule has 0 N–H and O–H groups in total. The number of hydrogen-bond donors (Lipinski definition) is 0. The standard InChI is InChI=1S/C25H28F8O3/c1-34-14-35-19-10-8-18(9-11-19)17-6-4-15(5-7-17)2-3-16-12-20(26)22(21(27)13-16)36-25(32,33)23(28)24(29,30)31/h12-13,15,17-19,23H,4-11,14H2,1H3. The first kappa shape index (κ1) is 28.5. The quantitative estimate of drug-likeness (QED) is 0.213. The SMILES string of the molecule is COCOC1CCC(C2CCC(C#Cc3cc(F)c(OC(F)(F)C(F)C(F)(F)F)c(F)c3)CC2)CC1. The number of halogens is 8. The van der Waals surface area contributed by atoms with Crippen LogP contribution in [0.2, 0.25) is 0 Å². The highest BCUT2D eigenvalue weighted by atomic mass is 19.4. The molecule has 0 bridgehead atoms. The Morgan fingerprint density at radius 3 is 1.92 bits per heavy atom. The summed E-state index contributed by atoms with van der Waals surface area (Å²) in [4.78, 5) is 0. The van der Waals surface area contributed by atoms with E-state index in [0.29, 0.717) is 30.8 Å². The number of methoxy groups -OCH3 is 1. The van der Waals surface area contributed by atoms with Crippen molar-refractivity contribution in [3.05, 3.63) is 29.3 Å². The number of benzene rings is 1. The molecule has 11 heteroatoms. The van der Waals surface area contributed by atoms with E-state index >= 15 is 0 Å². The van der Waals surface area contributed by atoms with Crippen LogP contribution in [0.15, 0.2) is 12.1 Å². The molecule has 2 saturated carbocycles. The predicted octanol–water partition coefficient (Wildman–Crippen LogP) is 7.17. The van der Waals surface area contributed by atoms with E-state index < -0.39 is 35.8 Å². The van der Waals surface area contributed by atoms with Crippen molar-refractivity contribution in [3.63, 3.8) is 0 Å². The number of ether oxygens (including phenoxy) is 3. The predicted molar refractivity (Wildman–Crippen MR) is 114 cm³/mol. The van der Waals surface area contributed by atoms with Crippen LogP contribution in [-0.2, 0) is 9.47 Å². The fourth-order valence-corrected chi connectivity index (χ4v) is 4.92. The molecule has 3 nitrogen and oxygen atoms in total. The van der Waals surface area contributed by atoms with Gasteiger partial charge in [0.25, 0.3) is 6.17 Å². The molecule has 0 aliphatic heterocycles. The van der Waals surface area contributed by atoms with Crippen molar-refractivity contribution in [2.45, 2.75) is 75.9 Å². The number of alkyl halides is 6. The smallest absolute Gasteiger partial charge is 0.424 e. The first-order valence-electron chi connectivity index (χ1n) is 11.8. The molecule has 2 aliphatic rings. The van der Waals surface area contributed by atoms with Gasteiger partial charge in [0.15, 0.2) is 17.4 Å². The lowest BCUT2D eigenvalue weighted by Crippen LogP contribution is -2.46. The zero-order valence-corrected chi connectivity index (χ0v) is 19.7. The van der Waals surface area contributed by atoms with Crippen LogP contribution < -0.4 is 4.74 Å². The summed E-state index contributed by atoms with van der Waals surface area (Å²) < 4.78 is 119. The van der Waals surface area contributed by atoms with E-state index in [1.807, 2.05) is 0 Å². The highest BCUT2D eigenvalue weighted by Crippen LogP contribution is 2.41. The third kappa shape index (κ3) is 7.48. The van der Waals surface area contributed by atoms with Gasteiger partial charge in [-0.1, -0.05) is 11.8 Å². The Balaban J connectivity index is 1.54. The average Bonchev–Trinajstić information content (AvgIpc) is 2.83. The molecule has 1 atom stereocenters. The van der Waals surface area contributed by atoms with Gasteiger partial charge in [-0.2, -0.15) is 22.0 Å². The summed E-state index contributed by atoms with van der Waals surface area (Å²) in [7, 11) is 1.59. The van der Waals surface area contributed by atoms with E-state index in [1.54, 1.807) is 7.11 Å².